The molecule has 0 saturated carbocycles. The van der Waals surface area contributed by atoms with Crippen molar-refractivity contribution >= 4 is 80.8 Å². The number of carbonyl (C=O) groups excluding carboxylic acids is 8. The van der Waals surface area contributed by atoms with Crippen LogP contribution in [-0.4, -0.2) is 146 Å². The zero-order valence-corrected chi connectivity index (χ0v) is 58.7. The van der Waals surface area contributed by atoms with E-state index in [1.54, 1.807) is 23.6 Å². The van der Waals surface area contributed by atoms with Crippen LogP contribution in [0, 0.1) is 23.7 Å². The normalized spacial score (nSPS) is 20.5. The number of ether oxygens (including phenoxy) is 6. The highest BCUT2D eigenvalue weighted by molar-refractivity contribution is 5.94. The second-order valence-corrected chi connectivity index (χ2v) is 27.5. The fourth-order valence-electron chi connectivity index (χ4n) is 15.0. The van der Waals surface area contributed by atoms with Crippen molar-refractivity contribution in [2.45, 2.75) is 182 Å². The summed E-state index contributed by atoms with van der Waals surface area (Å²) in [7, 11) is 0. The summed E-state index contributed by atoms with van der Waals surface area (Å²) in [6, 6.07) is 38.6. The molecule has 0 spiro atoms. The lowest BCUT2D eigenvalue weighted by molar-refractivity contribution is -0.172. The minimum absolute atomic E-state index is 0.108. The highest BCUT2D eigenvalue weighted by atomic mass is 16.7. The molecule has 4 saturated heterocycles. The van der Waals surface area contributed by atoms with Crippen LogP contribution < -0.4 is 25.8 Å². The molecule has 0 aliphatic carbocycles. The van der Waals surface area contributed by atoms with Gasteiger partial charge in [0, 0.05) is 63.5 Å². The number of benzene rings is 6. The summed E-state index contributed by atoms with van der Waals surface area (Å²) in [6.45, 7) is 20.9. The van der Waals surface area contributed by atoms with E-state index in [0.717, 1.165) is 55.2 Å². The van der Waals surface area contributed by atoms with Crippen LogP contribution >= 0.6 is 0 Å². The maximum Gasteiger partial charge on any atom is 0.413 e. The molecule has 0 radical (unpaired) electrons. The molecule has 4 aliphatic heterocycles. The summed E-state index contributed by atoms with van der Waals surface area (Å²) in [4.78, 5) is 120. The Morgan fingerprint density at radius 2 is 0.848 bits per heavy atom. The molecule has 4 fully saturated rings. The monoisotopic (exact) mass is 1360 g/mol. The van der Waals surface area contributed by atoms with E-state index in [2.05, 4.69) is 25.8 Å². The number of amides is 4. The smallest absolute Gasteiger partial charge is 0.413 e. The molecule has 4 aliphatic rings. The summed E-state index contributed by atoms with van der Waals surface area (Å²) in [5, 5.41) is 13.3. The van der Waals surface area contributed by atoms with Crippen LogP contribution in [0.5, 0.6) is 0 Å². The average molecular weight is 1360 g/mol. The summed E-state index contributed by atoms with van der Waals surface area (Å²) in [6.07, 6.45) is -1.09. The third-order valence-corrected chi connectivity index (χ3v) is 19.6. The molecular formula is C78H97N7O14. The molecule has 10 rings (SSSR count). The molecule has 6 aromatic carbocycles. The first-order valence-electron chi connectivity index (χ1n) is 35.3. The van der Waals surface area contributed by atoms with Crippen molar-refractivity contribution in [3.05, 3.63) is 156 Å². The standard InChI is InChI=1S/C78H97N7O14/c1-11-94-69(86)43-53-27-31-57(32-28-53)82-39-37-59(45-82)84(49(7)61-25-17-21-55-19-13-15-23-63(55)61)77(92)98-51(9)96-75(90)67(41-47(3)4)80-73(88)71-65-35-36-66(79-65)72(71)74(89)81-68(42-48(5)6)76(91)97-52(10)99-78(93)85(50(8)62-26-18-22-56-20-14-16-24-64(56)62)60-38-40-83(46-60)58-33-29-54(30-34-58)44-70(87)95-12-2/h13-34,47-52,59-60,65-68,71-72,79H,11-12,35-46H2,1-10H3,(H,80,88)(H,81,89)/t49-,50-,51?,52?,59+,60+,65-,66+,67+,68-,71?,72-/m1/s1. The number of nitrogens with one attached hydrogen (secondary N) is 3. The highest BCUT2D eigenvalue weighted by Gasteiger charge is 2.55. The molecule has 4 amide bonds. The van der Waals surface area contributed by atoms with E-state index in [0.29, 0.717) is 65.1 Å². The van der Waals surface area contributed by atoms with Gasteiger partial charge in [0.25, 0.3) is 0 Å². The number of nitrogens with zero attached hydrogens (tertiary/aromatic N) is 4. The Morgan fingerprint density at radius 3 is 1.22 bits per heavy atom. The Hall–Kier alpha value is -9.24. The van der Waals surface area contributed by atoms with Crippen molar-refractivity contribution in [1.82, 2.24) is 25.8 Å². The maximum absolute atomic E-state index is 14.8. The number of fused-ring (bicyclic) bond motifs is 4. The van der Waals surface area contributed by atoms with Crippen LogP contribution in [0.25, 0.3) is 21.5 Å². The summed E-state index contributed by atoms with van der Waals surface area (Å²) in [5.41, 5.74) is 5.35. The lowest BCUT2D eigenvalue weighted by Gasteiger charge is -2.35. The van der Waals surface area contributed by atoms with Crippen LogP contribution in [0.3, 0.4) is 0 Å². The number of hydrogen-bond donors (Lipinski definition) is 3. The van der Waals surface area contributed by atoms with Gasteiger partial charge in [0.15, 0.2) is 0 Å². The number of hydrogen-bond acceptors (Lipinski definition) is 17. The molecular weight excluding hydrogens is 1260 g/mol. The van der Waals surface area contributed by atoms with Crippen molar-refractivity contribution in [3.63, 3.8) is 0 Å². The van der Waals surface area contributed by atoms with Crippen LogP contribution in [-0.2, 0) is 70.0 Å². The van der Waals surface area contributed by atoms with E-state index >= 15 is 0 Å². The first-order chi connectivity index (χ1) is 47.6. The molecule has 4 heterocycles. The van der Waals surface area contributed by atoms with Gasteiger partial charge in [0.1, 0.15) is 12.1 Å². The topological polar surface area (TPSA) is 241 Å². The number of carbonyl (C=O) groups is 8. The number of anilines is 2. The first kappa shape index (κ1) is 72.5. The zero-order valence-electron chi connectivity index (χ0n) is 58.7. The molecule has 99 heavy (non-hydrogen) atoms. The molecule has 528 valence electrons. The Morgan fingerprint density at radius 1 is 0.475 bits per heavy atom. The lowest BCUT2D eigenvalue weighted by atomic mass is 9.77. The van der Waals surface area contributed by atoms with Crippen molar-refractivity contribution < 1.29 is 66.8 Å². The number of esters is 4. The van der Waals surface area contributed by atoms with Gasteiger partial charge in [-0.3, -0.25) is 29.0 Å². The summed E-state index contributed by atoms with van der Waals surface area (Å²) >= 11 is 0. The van der Waals surface area contributed by atoms with E-state index in [-0.39, 0.29) is 61.5 Å². The lowest BCUT2D eigenvalue weighted by Crippen LogP contribution is -2.54. The largest absolute Gasteiger partial charge is 0.466 e. The van der Waals surface area contributed by atoms with Crippen molar-refractivity contribution in [2.24, 2.45) is 23.7 Å². The quantitative estimate of drug-likeness (QED) is 0.0235. The van der Waals surface area contributed by atoms with E-state index in [9.17, 15) is 38.4 Å². The summed E-state index contributed by atoms with van der Waals surface area (Å²) in [5.74, 6) is -5.41. The van der Waals surface area contributed by atoms with Gasteiger partial charge in [-0.05, 0) is 146 Å². The Kier molecular flexibility index (Phi) is 24.2. The number of rotatable bonds is 28. The van der Waals surface area contributed by atoms with Crippen LogP contribution in [0.1, 0.15) is 142 Å². The fraction of sp³-hybridized carbons (Fsp3) is 0.487. The SMILES string of the molecule is CCOC(=O)Cc1ccc(N2CC[C@H](N(C(=O)OC(C)OC(=O)[C@H](CC(C)C)NC(=O)C3[C@H]4CC[C@H](N4)[C@H]3C(=O)N[C@H](CC(C)C)C(=O)OC(C)OC(=O)N([C@H]3CCN(c4ccc(CC(=O)OCC)cc4)C3)[C@H](C)c3cccc4ccccc34)[C@H](C)c3cccc4ccccc34)C2)cc1. The third-order valence-electron chi connectivity index (χ3n) is 19.6. The first-order valence-corrected chi connectivity index (χ1v) is 35.3. The molecule has 0 aromatic heterocycles. The summed E-state index contributed by atoms with van der Waals surface area (Å²) < 4.78 is 34.3. The molecule has 21 heteroatoms. The third kappa shape index (κ3) is 17.8. The fourth-order valence-corrected chi connectivity index (χ4v) is 15.0. The van der Waals surface area contributed by atoms with Gasteiger partial charge in [-0.25, -0.2) is 19.2 Å². The van der Waals surface area contributed by atoms with Crippen molar-refractivity contribution in [3.8, 4) is 0 Å². The zero-order chi connectivity index (χ0) is 70.6. The molecule has 3 N–H and O–H groups in total. The highest BCUT2D eigenvalue weighted by Crippen LogP contribution is 2.41. The van der Waals surface area contributed by atoms with Gasteiger partial charge in [-0.2, -0.15) is 0 Å². The van der Waals surface area contributed by atoms with Gasteiger partial charge in [0.2, 0.25) is 24.4 Å². The molecule has 6 aromatic rings. The predicted molar refractivity (Wildman–Crippen MR) is 377 cm³/mol. The van der Waals surface area contributed by atoms with E-state index in [4.69, 9.17) is 28.4 Å². The Balaban J connectivity index is 0.791. The second kappa shape index (κ2) is 33.1. The molecule has 12 atom stereocenters. The molecule has 21 nitrogen and oxygen atoms in total. The van der Waals surface area contributed by atoms with Gasteiger partial charge < -0.3 is 54.2 Å². The van der Waals surface area contributed by atoms with Gasteiger partial charge >= 0.3 is 36.1 Å². The van der Waals surface area contributed by atoms with Gasteiger partial charge in [-0.15, -0.1) is 0 Å². The predicted octanol–water partition coefficient (Wildman–Crippen LogP) is 11.7. The van der Waals surface area contributed by atoms with Gasteiger partial charge in [0.05, 0.1) is 62.1 Å². The van der Waals surface area contributed by atoms with E-state index in [1.807, 2.05) is 175 Å². The average Bonchev–Trinajstić information content (AvgIpc) is 1.63. The van der Waals surface area contributed by atoms with Crippen molar-refractivity contribution in [2.75, 3.05) is 49.2 Å². The minimum Gasteiger partial charge on any atom is -0.466 e. The second-order valence-electron chi connectivity index (χ2n) is 27.5. The molecule has 3 unspecified atom stereocenters. The Labute approximate surface area is 580 Å². The van der Waals surface area contributed by atoms with Crippen LogP contribution in [0.15, 0.2) is 133 Å². The molecule has 2 bridgehead atoms. The Bertz CT molecular complexity index is 3570. The van der Waals surface area contributed by atoms with E-state index < -0.39 is 96.6 Å². The van der Waals surface area contributed by atoms with Crippen LogP contribution in [0.2, 0.25) is 0 Å². The van der Waals surface area contributed by atoms with Gasteiger partial charge in [-0.1, -0.05) is 137 Å². The van der Waals surface area contributed by atoms with Crippen LogP contribution in [0.4, 0.5) is 21.0 Å². The van der Waals surface area contributed by atoms with Crippen molar-refractivity contribution in [1.29, 1.82) is 0 Å². The minimum atomic E-state index is -1.38. The van der Waals surface area contributed by atoms with E-state index in [1.165, 1.54) is 13.8 Å². The maximum atomic E-state index is 14.8.